The molecule has 1 heterocycles. The normalized spacial score (nSPS) is 13.0. The summed E-state index contributed by atoms with van der Waals surface area (Å²) in [5.74, 6) is -0.194. The topological polar surface area (TPSA) is 60.9 Å². The van der Waals surface area contributed by atoms with Crippen LogP contribution in [0, 0.1) is 0 Å². The summed E-state index contributed by atoms with van der Waals surface area (Å²) < 4.78 is 1.56. The Balaban J connectivity index is 3.09. The number of carbonyl (C=O) groups excluding carboxylic acids is 1. The molecule has 1 unspecified atom stereocenters. The highest BCUT2D eigenvalue weighted by atomic mass is 35.5. The second-order valence-corrected chi connectivity index (χ2v) is 3.01. The van der Waals surface area contributed by atoms with E-state index in [1.54, 1.807) is 18.5 Å². The highest BCUT2D eigenvalue weighted by Gasteiger charge is 2.18. The average molecular weight is 188 g/mol. The zero-order chi connectivity index (χ0) is 9.30. The Morgan fingerprint density at radius 2 is 2.42 bits per heavy atom. The fourth-order valence-corrected chi connectivity index (χ4v) is 1.16. The number of nitrogens with two attached hydrogens (primary N) is 1. The van der Waals surface area contributed by atoms with Crippen LogP contribution in [-0.2, 0) is 7.05 Å². The minimum absolute atomic E-state index is 0.194. The fraction of sp³-hybridized carbons (Fsp3) is 0.429. The van der Waals surface area contributed by atoms with Crippen LogP contribution in [0.15, 0.2) is 6.33 Å². The van der Waals surface area contributed by atoms with Gasteiger partial charge in [0.15, 0.2) is 10.9 Å². The molecule has 5 heteroatoms. The lowest BCUT2D eigenvalue weighted by Gasteiger charge is -2.04. The minimum Gasteiger partial charge on any atom is -0.330 e. The molecule has 0 radical (unpaired) electrons. The molecule has 0 amide bonds. The Labute approximate surface area is 75.3 Å². The number of nitrogens with zero attached hydrogens (tertiary/aromatic N) is 2. The van der Waals surface area contributed by atoms with E-state index in [1.807, 2.05) is 0 Å². The quantitative estimate of drug-likeness (QED) is 0.690. The zero-order valence-electron chi connectivity index (χ0n) is 6.91. The number of aryl methyl sites for hydroxylation is 1. The van der Waals surface area contributed by atoms with E-state index in [1.165, 1.54) is 6.33 Å². The maximum atomic E-state index is 11.4. The third kappa shape index (κ3) is 1.49. The van der Waals surface area contributed by atoms with E-state index in [4.69, 9.17) is 17.3 Å². The van der Waals surface area contributed by atoms with Crippen molar-refractivity contribution in [1.82, 2.24) is 9.55 Å². The van der Waals surface area contributed by atoms with Crippen molar-refractivity contribution in [2.24, 2.45) is 12.8 Å². The summed E-state index contributed by atoms with van der Waals surface area (Å²) in [4.78, 5) is 15.1. The maximum absolute atomic E-state index is 11.4. The lowest BCUT2D eigenvalue weighted by Crippen LogP contribution is -2.28. The molecule has 0 aromatic carbocycles. The second-order valence-electron chi connectivity index (χ2n) is 2.65. The predicted octanol–water partition coefficient (Wildman–Crippen LogP) is 0.603. The molecule has 0 aliphatic carbocycles. The Hall–Kier alpha value is -0.870. The number of ketones is 1. The molecule has 0 aliphatic rings. The molecule has 1 aromatic rings. The van der Waals surface area contributed by atoms with Gasteiger partial charge in [0.25, 0.3) is 0 Å². The van der Waals surface area contributed by atoms with E-state index in [0.29, 0.717) is 5.69 Å². The maximum Gasteiger partial charge on any atom is 0.198 e. The highest BCUT2D eigenvalue weighted by molar-refractivity contribution is 6.32. The molecule has 0 aliphatic heterocycles. The van der Waals surface area contributed by atoms with Gasteiger partial charge in [0.1, 0.15) is 5.69 Å². The smallest absolute Gasteiger partial charge is 0.198 e. The number of Topliss-reactive ketones (excluding diaryl/α,β-unsaturated/α-hetero) is 1. The van der Waals surface area contributed by atoms with E-state index in [2.05, 4.69) is 4.98 Å². The van der Waals surface area contributed by atoms with Gasteiger partial charge in [-0.1, -0.05) is 11.6 Å². The molecule has 1 atom stereocenters. The third-order valence-corrected chi connectivity index (χ3v) is 1.82. The van der Waals surface area contributed by atoms with Gasteiger partial charge < -0.3 is 10.3 Å². The van der Waals surface area contributed by atoms with Gasteiger partial charge in [-0.3, -0.25) is 4.79 Å². The molecular weight excluding hydrogens is 178 g/mol. The lowest BCUT2D eigenvalue weighted by atomic mass is 10.2. The summed E-state index contributed by atoms with van der Waals surface area (Å²) >= 11 is 5.68. The van der Waals surface area contributed by atoms with Crippen molar-refractivity contribution in [3.63, 3.8) is 0 Å². The number of hydrogen-bond acceptors (Lipinski definition) is 3. The number of halogens is 1. The Kier molecular flexibility index (Phi) is 2.49. The molecule has 12 heavy (non-hydrogen) atoms. The largest absolute Gasteiger partial charge is 0.330 e. The number of carbonyl (C=O) groups is 1. The fourth-order valence-electron chi connectivity index (χ4n) is 0.893. The van der Waals surface area contributed by atoms with Gasteiger partial charge in [0, 0.05) is 7.05 Å². The molecule has 1 aromatic heterocycles. The highest BCUT2D eigenvalue weighted by Crippen LogP contribution is 2.13. The van der Waals surface area contributed by atoms with E-state index >= 15 is 0 Å². The van der Waals surface area contributed by atoms with Crippen molar-refractivity contribution < 1.29 is 4.79 Å². The van der Waals surface area contributed by atoms with Crippen LogP contribution in [0.3, 0.4) is 0 Å². The molecule has 1 rings (SSSR count). The van der Waals surface area contributed by atoms with Crippen molar-refractivity contribution >= 4 is 17.4 Å². The van der Waals surface area contributed by atoms with Crippen molar-refractivity contribution in [3.05, 3.63) is 17.2 Å². The van der Waals surface area contributed by atoms with Crippen LogP contribution in [0.5, 0.6) is 0 Å². The standard InChI is InChI=1S/C7H10ClN3O/c1-4(9)6(12)5-7(8)10-3-11(5)2/h3-4H,9H2,1-2H3. The predicted molar refractivity (Wildman–Crippen MR) is 46.2 cm³/mol. The van der Waals surface area contributed by atoms with Gasteiger partial charge in [-0.15, -0.1) is 0 Å². The first-order chi connectivity index (χ1) is 5.54. The van der Waals surface area contributed by atoms with Gasteiger partial charge in [-0.2, -0.15) is 0 Å². The number of hydrogen-bond donors (Lipinski definition) is 1. The molecule has 0 fully saturated rings. The summed E-state index contributed by atoms with van der Waals surface area (Å²) in [6, 6.07) is -0.544. The Morgan fingerprint density at radius 3 is 2.75 bits per heavy atom. The molecule has 66 valence electrons. The van der Waals surface area contributed by atoms with Crippen LogP contribution in [0.25, 0.3) is 0 Å². The number of imidazole rings is 1. The Bertz CT molecular complexity index is 286. The summed E-state index contributed by atoms with van der Waals surface area (Å²) in [6.45, 7) is 1.62. The molecule has 0 spiro atoms. The van der Waals surface area contributed by atoms with Gasteiger partial charge in [-0.25, -0.2) is 4.98 Å². The van der Waals surface area contributed by atoms with Crippen LogP contribution in [-0.4, -0.2) is 21.4 Å². The second kappa shape index (κ2) is 3.25. The van der Waals surface area contributed by atoms with Gasteiger partial charge in [-0.05, 0) is 6.92 Å². The van der Waals surface area contributed by atoms with E-state index in [9.17, 15) is 4.79 Å². The molecule has 0 bridgehead atoms. The monoisotopic (exact) mass is 187 g/mol. The average Bonchev–Trinajstić information content (AvgIpc) is 2.30. The molecule has 0 saturated carbocycles. The van der Waals surface area contributed by atoms with E-state index in [0.717, 1.165) is 0 Å². The Morgan fingerprint density at radius 1 is 1.83 bits per heavy atom. The van der Waals surface area contributed by atoms with Gasteiger partial charge in [0.05, 0.1) is 12.4 Å². The van der Waals surface area contributed by atoms with Gasteiger partial charge in [0.2, 0.25) is 0 Å². The van der Waals surface area contributed by atoms with E-state index < -0.39 is 6.04 Å². The van der Waals surface area contributed by atoms with Crippen molar-refractivity contribution in [3.8, 4) is 0 Å². The lowest BCUT2D eigenvalue weighted by molar-refractivity contribution is 0.0960. The van der Waals surface area contributed by atoms with Crippen molar-refractivity contribution in [1.29, 1.82) is 0 Å². The third-order valence-electron chi connectivity index (χ3n) is 1.54. The summed E-state index contributed by atoms with van der Waals surface area (Å²) in [7, 11) is 1.70. The zero-order valence-corrected chi connectivity index (χ0v) is 7.67. The molecular formula is C7H10ClN3O. The van der Waals surface area contributed by atoms with Crippen LogP contribution < -0.4 is 5.73 Å². The van der Waals surface area contributed by atoms with Gasteiger partial charge >= 0.3 is 0 Å². The van der Waals surface area contributed by atoms with Crippen LogP contribution >= 0.6 is 11.6 Å². The molecule has 4 nitrogen and oxygen atoms in total. The van der Waals surface area contributed by atoms with Crippen LogP contribution in [0.4, 0.5) is 0 Å². The first kappa shape index (κ1) is 9.22. The number of aromatic nitrogens is 2. The minimum atomic E-state index is -0.544. The van der Waals surface area contributed by atoms with Crippen molar-refractivity contribution in [2.75, 3.05) is 0 Å². The SMILES string of the molecule is CC(N)C(=O)c1c(Cl)ncn1C. The molecule has 2 N–H and O–H groups in total. The first-order valence-corrected chi connectivity index (χ1v) is 3.88. The number of rotatable bonds is 2. The van der Waals surface area contributed by atoms with Crippen LogP contribution in [0.1, 0.15) is 17.4 Å². The van der Waals surface area contributed by atoms with Crippen LogP contribution in [0.2, 0.25) is 5.15 Å². The summed E-state index contributed by atoms with van der Waals surface area (Å²) in [6.07, 6.45) is 1.48. The van der Waals surface area contributed by atoms with E-state index in [-0.39, 0.29) is 10.9 Å². The summed E-state index contributed by atoms with van der Waals surface area (Å²) in [5, 5.41) is 0.208. The molecule has 0 saturated heterocycles. The van der Waals surface area contributed by atoms with Crippen molar-refractivity contribution in [2.45, 2.75) is 13.0 Å². The summed E-state index contributed by atoms with van der Waals surface area (Å²) in [5.41, 5.74) is 5.78. The first-order valence-electron chi connectivity index (χ1n) is 3.50.